The maximum atomic E-state index is 11.1. The van der Waals surface area contributed by atoms with Crippen LogP contribution in [0.5, 0.6) is 0 Å². The number of carbonyl (C=O) groups is 2. The van der Waals surface area contributed by atoms with E-state index < -0.39 is 49.4 Å². The third kappa shape index (κ3) is 5.06. The Morgan fingerprint density at radius 2 is 1.59 bits per heavy atom. The summed E-state index contributed by atoms with van der Waals surface area (Å²) in [6.07, 6.45) is -7.84. The molecule has 100 valence electrons. The van der Waals surface area contributed by atoms with Gasteiger partial charge in [0.05, 0.1) is 6.61 Å². The van der Waals surface area contributed by atoms with Crippen LogP contribution in [-0.2, 0) is 9.59 Å². The van der Waals surface area contributed by atoms with Crippen LogP contribution in [0.2, 0.25) is 0 Å². The highest BCUT2D eigenvalue weighted by atomic mass is 16.4. The van der Waals surface area contributed by atoms with Gasteiger partial charge in [0.2, 0.25) is 0 Å². The van der Waals surface area contributed by atoms with Crippen LogP contribution in [0.25, 0.3) is 0 Å². The first-order valence-electron chi connectivity index (χ1n) is 4.63. The molecular formula is C8H15NO8. The number of carboxylic acid groups (broad SMARTS) is 1. The van der Waals surface area contributed by atoms with E-state index in [1.807, 2.05) is 0 Å². The molecule has 0 bridgehead atoms. The molecule has 0 rings (SSSR count). The van der Waals surface area contributed by atoms with Crippen molar-refractivity contribution in [3.8, 4) is 0 Å². The highest BCUT2D eigenvalue weighted by molar-refractivity contribution is 5.84. The number of nitrogens with one attached hydrogen (secondary N) is 1. The van der Waals surface area contributed by atoms with Gasteiger partial charge < -0.3 is 36.0 Å². The molecule has 0 radical (unpaired) electrons. The first-order chi connectivity index (χ1) is 7.81. The Morgan fingerprint density at radius 1 is 1.06 bits per heavy atom. The zero-order valence-corrected chi connectivity index (χ0v) is 8.72. The number of hydrogen-bond donors (Lipinski definition) is 7. The Hall–Kier alpha value is -1.26. The molecule has 0 aromatic carbocycles. The zero-order valence-electron chi connectivity index (χ0n) is 8.72. The predicted octanol–water partition coefficient (Wildman–Crippen LogP) is -4.38. The molecule has 17 heavy (non-hydrogen) atoms. The Bertz CT molecular complexity index is 270. The molecular weight excluding hydrogens is 238 g/mol. The van der Waals surface area contributed by atoms with Gasteiger partial charge in [0, 0.05) is 0 Å². The van der Waals surface area contributed by atoms with Gasteiger partial charge in [0.1, 0.15) is 24.9 Å². The highest BCUT2D eigenvalue weighted by Gasteiger charge is 2.34. The van der Waals surface area contributed by atoms with Gasteiger partial charge in [-0.2, -0.15) is 0 Å². The largest absolute Gasteiger partial charge is 0.480 e. The van der Waals surface area contributed by atoms with Crippen LogP contribution in [0.4, 0.5) is 0 Å². The minimum atomic E-state index is -2.12. The minimum absolute atomic E-state index is 0.763. The normalized spacial score (nSPS) is 17.9. The lowest BCUT2D eigenvalue weighted by atomic mass is 10.0. The van der Waals surface area contributed by atoms with E-state index in [4.69, 9.17) is 20.4 Å². The lowest BCUT2D eigenvalue weighted by molar-refractivity contribution is -0.150. The molecule has 9 nitrogen and oxygen atoms in total. The summed E-state index contributed by atoms with van der Waals surface area (Å²) in [5, 5.41) is 55.0. The Kier molecular flexibility index (Phi) is 6.61. The lowest BCUT2D eigenvalue weighted by Gasteiger charge is -2.24. The van der Waals surface area contributed by atoms with Crippen molar-refractivity contribution in [2.45, 2.75) is 24.4 Å². The molecule has 0 aromatic rings. The van der Waals surface area contributed by atoms with Gasteiger partial charge in [-0.25, -0.2) is 0 Å². The van der Waals surface area contributed by atoms with Crippen LogP contribution in [0.15, 0.2) is 0 Å². The van der Waals surface area contributed by atoms with Crippen molar-refractivity contribution in [1.29, 1.82) is 0 Å². The zero-order chi connectivity index (χ0) is 13.6. The molecule has 4 atom stereocenters. The van der Waals surface area contributed by atoms with Crippen molar-refractivity contribution in [3.05, 3.63) is 0 Å². The summed E-state index contributed by atoms with van der Waals surface area (Å²) in [4.78, 5) is 21.2. The number of hydrogen-bond acceptors (Lipinski definition) is 7. The van der Waals surface area contributed by atoms with E-state index in [9.17, 15) is 19.8 Å². The molecule has 7 N–H and O–H groups in total. The molecule has 0 aliphatic carbocycles. The van der Waals surface area contributed by atoms with Crippen LogP contribution >= 0.6 is 0 Å². The number of rotatable bonds is 7. The third-order valence-electron chi connectivity index (χ3n) is 1.94. The molecule has 0 aromatic heterocycles. The van der Waals surface area contributed by atoms with Crippen molar-refractivity contribution in [2.75, 3.05) is 13.2 Å². The second-order valence-electron chi connectivity index (χ2n) is 3.29. The minimum Gasteiger partial charge on any atom is -0.480 e. The van der Waals surface area contributed by atoms with Gasteiger partial charge >= 0.3 is 5.97 Å². The van der Waals surface area contributed by atoms with E-state index in [0.29, 0.717) is 0 Å². The molecule has 0 spiro atoms. The third-order valence-corrected chi connectivity index (χ3v) is 1.94. The molecule has 0 saturated heterocycles. The summed E-state index contributed by atoms with van der Waals surface area (Å²) in [6.45, 7) is -1.64. The van der Waals surface area contributed by atoms with Crippen molar-refractivity contribution in [3.63, 3.8) is 0 Å². The monoisotopic (exact) mass is 253 g/mol. The summed E-state index contributed by atoms with van der Waals surface area (Å²) >= 11 is 0. The van der Waals surface area contributed by atoms with Crippen molar-refractivity contribution in [2.24, 2.45) is 0 Å². The summed E-state index contributed by atoms with van der Waals surface area (Å²) in [5.74, 6) is -2.57. The van der Waals surface area contributed by atoms with Crippen molar-refractivity contribution in [1.82, 2.24) is 5.32 Å². The molecule has 9 heteroatoms. The molecule has 0 fully saturated rings. The molecule has 0 saturated carbocycles. The second kappa shape index (κ2) is 7.14. The number of aliphatic hydroxyl groups is 5. The average molecular weight is 253 g/mol. The standard InChI is InChI=1S/C8H15NO8/c10-2-3(11)5(14)6(15)7(16)8(17)9-1-4(12)13/h3,5-7,10-11,14-16H,1-2H2,(H,9,17)(H,12,13)/t3-,5+,6-,7-/m1/s1. The quantitative estimate of drug-likeness (QED) is 0.239. The number of aliphatic carboxylic acids is 1. The van der Waals surface area contributed by atoms with Crippen LogP contribution in [0, 0.1) is 0 Å². The van der Waals surface area contributed by atoms with E-state index in [2.05, 4.69) is 0 Å². The van der Waals surface area contributed by atoms with E-state index in [1.165, 1.54) is 0 Å². The fraction of sp³-hybridized carbons (Fsp3) is 0.750. The molecule has 0 unspecified atom stereocenters. The van der Waals surface area contributed by atoms with Crippen LogP contribution in [0.3, 0.4) is 0 Å². The maximum Gasteiger partial charge on any atom is 0.322 e. The fourth-order valence-corrected chi connectivity index (χ4v) is 0.945. The van der Waals surface area contributed by atoms with Gasteiger partial charge in [0.15, 0.2) is 6.10 Å². The van der Waals surface area contributed by atoms with Crippen LogP contribution in [0.1, 0.15) is 0 Å². The molecule has 0 aliphatic rings. The number of amides is 1. The van der Waals surface area contributed by atoms with E-state index in [0.717, 1.165) is 0 Å². The number of carboxylic acids is 1. The predicted molar refractivity (Wildman–Crippen MR) is 51.8 cm³/mol. The SMILES string of the molecule is O=C(O)CNC(=O)[C@H](O)[C@H](O)[C@@H](O)[C@H](O)CO. The lowest BCUT2D eigenvalue weighted by Crippen LogP contribution is -2.52. The number of carbonyl (C=O) groups excluding carboxylic acids is 1. The van der Waals surface area contributed by atoms with E-state index in [-0.39, 0.29) is 0 Å². The molecule has 0 aliphatic heterocycles. The topological polar surface area (TPSA) is 168 Å². The Balaban J connectivity index is 4.32. The maximum absolute atomic E-state index is 11.1. The van der Waals surface area contributed by atoms with E-state index >= 15 is 0 Å². The smallest absolute Gasteiger partial charge is 0.322 e. The second-order valence-corrected chi connectivity index (χ2v) is 3.29. The highest BCUT2D eigenvalue weighted by Crippen LogP contribution is 2.05. The van der Waals surface area contributed by atoms with Gasteiger partial charge in [-0.1, -0.05) is 0 Å². The summed E-state index contributed by atoms with van der Waals surface area (Å²) < 4.78 is 0. The van der Waals surface area contributed by atoms with Crippen molar-refractivity contribution >= 4 is 11.9 Å². The van der Waals surface area contributed by atoms with Crippen LogP contribution in [-0.4, -0.2) is 80.1 Å². The summed E-state index contributed by atoms with van der Waals surface area (Å²) in [5.41, 5.74) is 0. The molecule has 1 amide bonds. The van der Waals surface area contributed by atoms with Gasteiger partial charge in [-0.05, 0) is 0 Å². The van der Waals surface area contributed by atoms with Gasteiger partial charge in [-0.15, -0.1) is 0 Å². The first kappa shape index (κ1) is 15.7. The summed E-state index contributed by atoms with van der Waals surface area (Å²) in [7, 11) is 0. The number of aliphatic hydroxyl groups excluding tert-OH is 5. The fourth-order valence-electron chi connectivity index (χ4n) is 0.945. The first-order valence-corrected chi connectivity index (χ1v) is 4.63. The van der Waals surface area contributed by atoms with Gasteiger partial charge in [-0.3, -0.25) is 9.59 Å². The summed E-state index contributed by atoms with van der Waals surface area (Å²) in [6, 6.07) is 0. The van der Waals surface area contributed by atoms with Gasteiger partial charge in [0.25, 0.3) is 5.91 Å². The van der Waals surface area contributed by atoms with E-state index in [1.54, 1.807) is 5.32 Å². The molecule has 0 heterocycles. The average Bonchev–Trinajstić information content (AvgIpc) is 2.31. The Labute approximate surface area is 95.9 Å². The van der Waals surface area contributed by atoms with Crippen LogP contribution < -0.4 is 5.32 Å². The van der Waals surface area contributed by atoms with Crippen molar-refractivity contribution < 1.29 is 40.2 Å². The Morgan fingerprint density at radius 3 is 2.00 bits per heavy atom.